The molecule has 1 atom stereocenters. The normalized spacial score (nSPS) is 20.7. The molecule has 1 unspecified atom stereocenters. The van der Waals surface area contributed by atoms with Crippen LogP contribution in [-0.2, 0) is 0 Å². The number of carbonyl (C=O) groups excluding carboxylic acids is 1. The molecule has 1 amide bonds. The second-order valence-corrected chi connectivity index (χ2v) is 7.20. The largest absolute Gasteiger partial charge is 0.331 e. The summed E-state index contributed by atoms with van der Waals surface area (Å²) in [5, 5.41) is 0. The van der Waals surface area contributed by atoms with Crippen LogP contribution in [0, 0.1) is 5.82 Å². The summed E-state index contributed by atoms with van der Waals surface area (Å²) in [5.74, 6) is 0.360. The Hall–Kier alpha value is -2.50. The van der Waals surface area contributed by atoms with Crippen molar-refractivity contribution in [3.05, 3.63) is 63.6 Å². The fraction of sp³-hybridized carbons (Fsp3) is 0.450. The molecule has 2 fully saturated rings. The number of aromatic nitrogens is 2. The van der Waals surface area contributed by atoms with Gasteiger partial charge in [0.1, 0.15) is 17.2 Å². The van der Waals surface area contributed by atoms with Gasteiger partial charge in [-0.25, -0.2) is 9.37 Å². The van der Waals surface area contributed by atoms with Crippen molar-refractivity contribution in [1.29, 1.82) is 0 Å². The van der Waals surface area contributed by atoms with Crippen molar-refractivity contribution in [3.63, 3.8) is 0 Å². The van der Waals surface area contributed by atoms with Gasteiger partial charge >= 0.3 is 0 Å². The Morgan fingerprint density at radius 2 is 2.04 bits per heavy atom. The molecule has 1 aromatic carbocycles. The average molecular weight is 355 g/mol. The number of halogens is 1. The van der Waals surface area contributed by atoms with E-state index in [-0.39, 0.29) is 28.9 Å². The molecule has 1 aromatic heterocycles. The zero-order valence-corrected chi connectivity index (χ0v) is 14.6. The summed E-state index contributed by atoms with van der Waals surface area (Å²) in [5.41, 5.74) is 0.464. The van der Waals surface area contributed by atoms with Crippen LogP contribution >= 0.6 is 0 Å². The lowest BCUT2D eigenvalue weighted by atomic mass is 10.00. The highest BCUT2D eigenvalue weighted by Crippen LogP contribution is 2.37. The van der Waals surface area contributed by atoms with Crippen molar-refractivity contribution in [2.45, 2.75) is 50.5 Å². The predicted octanol–water partition coefficient (Wildman–Crippen LogP) is 3.54. The fourth-order valence-electron chi connectivity index (χ4n) is 3.69. The number of H-pyrrole nitrogens is 1. The van der Waals surface area contributed by atoms with Crippen molar-refractivity contribution >= 4 is 5.91 Å². The first-order valence-electron chi connectivity index (χ1n) is 9.29. The Morgan fingerprint density at radius 1 is 1.19 bits per heavy atom. The van der Waals surface area contributed by atoms with E-state index in [4.69, 9.17) is 0 Å². The standard InChI is InChI=1S/C20H22FN3O2/c21-15-6-4-5-14(11-15)17-7-2-1-3-10-24(17)20(26)16-12-22-18(13-8-9-13)23-19(16)25/h4-6,11-13,17H,1-3,7-10H2,(H,22,23,25). The van der Waals surface area contributed by atoms with Crippen LogP contribution < -0.4 is 5.56 Å². The predicted molar refractivity (Wildman–Crippen MR) is 95.5 cm³/mol. The van der Waals surface area contributed by atoms with Crippen molar-refractivity contribution in [2.24, 2.45) is 0 Å². The third kappa shape index (κ3) is 3.41. The Balaban J connectivity index is 1.66. The second kappa shape index (κ2) is 7.02. The maximum Gasteiger partial charge on any atom is 0.263 e. The summed E-state index contributed by atoms with van der Waals surface area (Å²) in [6.07, 6.45) is 7.10. The van der Waals surface area contributed by atoms with Gasteiger partial charge in [0.15, 0.2) is 0 Å². The zero-order chi connectivity index (χ0) is 18.1. The van der Waals surface area contributed by atoms with Crippen LogP contribution in [0.3, 0.4) is 0 Å². The summed E-state index contributed by atoms with van der Waals surface area (Å²) in [6.45, 7) is 0.559. The molecule has 0 radical (unpaired) electrons. The molecule has 1 saturated carbocycles. The molecule has 0 spiro atoms. The first-order chi connectivity index (χ1) is 12.6. The van der Waals surface area contributed by atoms with E-state index in [0.717, 1.165) is 44.1 Å². The molecule has 5 nitrogen and oxygen atoms in total. The molecule has 6 heteroatoms. The number of carbonyl (C=O) groups is 1. The Labute approximate surface area is 151 Å². The van der Waals surface area contributed by atoms with Crippen molar-refractivity contribution < 1.29 is 9.18 Å². The lowest BCUT2D eigenvalue weighted by Gasteiger charge is -2.30. The molecule has 1 N–H and O–H groups in total. The maximum absolute atomic E-state index is 13.7. The van der Waals surface area contributed by atoms with Crippen LogP contribution in [0.15, 0.2) is 35.3 Å². The first kappa shape index (κ1) is 16.9. The third-order valence-corrected chi connectivity index (χ3v) is 5.26. The molecule has 2 heterocycles. The number of nitrogens with one attached hydrogen (secondary N) is 1. The fourth-order valence-corrected chi connectivity index (χ4v) is 3.69. The van der Waals surface area contributed by atoms with Gasteiger partial charge in [-0.05, 0) is 43.4 Å². The molecular weight excluding hydrogens is 333 g/mol. The van der Waals surface area contributed by atoms with E-state index >= 15 is 0 Å². The summed E-state index contributed by atoms with van der Waals surface area (Å²) >= 11 is 0. The SMILES string of the molecule is O=C(c1cnc(C2CC2)[nH]c1=O)N1CCCCCC1c1cccc(F)c1. The van der Waals surface area contributed by atoms with Gasteiger partial charge < -0.3 is 9.88 Å². The van der Waals surface area contributed by atoms with Gasteiger partial charge in [0, 0.05) is 18.7 Å². The highest BCUT2D eigenvalue weighted by molar-refractivity contribution is 5.93. The minimum absolute atomic E-state index is 0.0673. The number of nitrogens with zero attached hydrogens (tertiary/aromatic N) is 2. The van der Waals surface area contributed by atoms with Crippen molar-refractivity contribution in [2.75, 3.05) is 6.54 Å². The number of hydrogen-bond acceptors (Lipinski definition) is 3. The van der Waals surface area contributed by atoms with E-state index in [1.165, 1.54) is 18.3 Å². The quantitative estimate of drug-likeness (QED) is 0.916. The lowest BCUT2D eigenvalue weighted by molar-refractivity contribution is 0.0678. The summed E-state index contributed by atoms with van der Waals surface area (Å²) in [4.78, 5) is 34.3. The van der Waals surface area contributed by atoms with Crippen LogP contribution in [0.5, 0.6) is 0 Å². The Bertz CT molecular complexity index is 875. The molecular formula is C20H22FN3O2. The molecule has 2 aromatic rings. The van der Waals surface area contributed by atoms with Crippen LogP contribution in [-0.4, -0.2) is 27.3 Å². The van der Waals surface area contributed by atoms with E-state index in [1.54, 1.807) is 11.0 Å². The molecule has 1 saturated heterocycles. The van der Waals surface area contributed by atoms with Gasteiger partial charge in [-0.15, -0.1) is 0 Å². The van der Waals surface area contributed by atoms with Gasteiger partial charge in [0.05, 0.1) is 6.04 Å². The third-order valence-electron chi connectivity index (χ3n) is 5.26. The Morgan fingerprint density at radius 3 is 2.77 bits per heavy atom. The van der Waals surface area contributed by atoms with Gasteiger partial charge in [0.2, 0.25) is 0 Å². The van der Waals surface area contributed by atoms with Gasteiger partial charge in [-0.3, -0.25) is 9.59 Å². The summed E-state index contributed by atoms with van der Waals surface area (Å²) in [7, 11) is 0. The van der Waals surface area contributed by atoms with E-state index in [0.29, 0.717) is 18.3 Å². The van der Waals surface area contributed by atoms with Crippen molar-refractivity contribution in [3.8, 4) is 0 Å². The molecule has 1 aliphatic carbocycles. The molecule has 136 valence electrons. The van der Waals surface area contributed by atoms with Gasteiger partial charge in [-0.2, -0.15) is 0 Å². The summed E-state index contributed by atoms with van der Waals surface area (Å²) in [6, 6.07) is 6.17. The van der Waals surface area contributed by atoms with Gasteiger partial charge in [0.25, 0.3) is 11.5 Å². The van der Waals surface area contributed by atoms with Crippen LogP contribution in [0.2, 0.25) is 0 Å². The minimum Gasteiger partial charge on any atom is -0.331 e. The van der Waals surface area contributed by atoms with Gasteiger partial charge in [-0.1, -0.05) is 25.0 Å². The number of amides is 1. The first-order valence-corrected chi connectivity index (χ1v) is 9.29. The number of rotatable bonds is 3. The van der Waals surface area contributed by atoms with Crippen LogP contribution in [0.4, 0.5) is 4.39 Å². The van der Waals surface area contributed by atoms with E-state index in [1.807, 2.05) is 6.07 Å². The highest BCUT2D eigenvalue weighted by Gasteiger charge is 2.31. The smallest absolute Gasteiger partial charge is 0.263 e. The Kier molecular flexibility index (Phi) is 4.57. The number of aromatic amines is 1. The van der Waals surface area contributed by atoms with Crippen LogP contribution in [0.25, 0.3) is 0 Å². The molecule has 0 bridgehead atoms. The second-order valence-electron chi connectivity index (χ2n) is 7.20. The zero-order valence-electron chi connectivity index (χ0n) is 14.6. The average Bonchev–Trinajstić information content (AvgIpc) is 3.47. The summed E-state index contributed by atoms with van der Waals surface area (Å²) < 4.78 is 13.7. The minimum atomic E-state index is -0.380. The molecule has 1 aliphatic heterocycles. The monoisotopic (exact) mass is 355 g/mol. The number of benzene rings is 1. The van der Waals surface area contributed by atoms with Crippen molar-refractivity contribution in [1.82, 2.24) is 14.9 Å². The molecule has 2 aliphatic rings. The van der Waals surface area contributed by atoms with E-state index < -0.39 is 0 Å². The number of hydrogen-bond donors (Lipinski definition) is 1. The lowest BCUT2D eigenvalue weighted by Crippen LogP contribution is -2.38. The van der Waals surface area contributed by atoms with E-state index in [9.17, 15) is 14.0 Å². The molecule has 4 rings (SSSR count). The molecule has 26 heavy (non-hydrogen) atoms. The highest BCUT2D eigenvalue weighted by atomic mass is 19.1. The number of likely N-dealkylation sites (tertiary alicyclic amines) is 1. The van der Waals surface area contributed by atoms with E-state index in [2.05, 4.69) is 9.97 Å². The van der Waals surface area contributed by atoms with Crippen LogP contribution in [0.1, 0.15) is 72.2 Å². The maximum atomic E-state index is 13.7. The topological polar surface area (TPSA) is 66.1 Å².